The third kappa shape index (κ3) is 3.24. The maximum absolute atomic E-state index is 13.5. The number of halogens is 1. The van der Waals surface area contributed by atoms with Gasteiger partial charge in [0, 0.05) is 5.02 Å². The monoisotopic (exact) mass is 434 g/mol. The van der Waals surface area contributed by atoms with Crippen molar-refractivity contribution < 1.29 is 19.2 Å². The van der Waals surface area contributed by atoms with Gasteiger partial charge < -0.3 is 4.74 Å². The Kier molecular flexibility index (Phi) is 4.88. The zero-order chi connectivity index (χ0) is 21.5. The van der Waals surface area contributed by atoms with Crippen LogP contribution in [0.5, 0.6) is 5.75 Å². The first-order valence-electron chi connectivity index (χ1n) is 9.87. The van der Waals surface area contributed by atoms with E-state index in [0.717, 1.165) is 11.3 Å². The van der Waals surface area contributed by atoms with E-state index in [9.17, 15) is 9.59 Å². The quantitative estimate of drug-likeness (QED) is 0.570. The van der Waals surface area contributed by atoms with Gasteiger partial charge in [-0.05, 0) is 48.0 Å². The van der Waals surface area contributed by atoms with Crippen LogP contribution in [-0.2, 0) is 14.4 Å². The summed E-state index contributed by atoms with van der Waals surface area (Å²) in [4.78, 5) is 34.1. The van der Waals surface area contributed by atoms with Crippen molar-refractivity contribution >= 4 is 34.8 Å². The number of carbonyl (C=O) groups is 2. The van der Waals surface area contributed by atoms with Crippen molar-refractivity contribution in [1.29, 1.82) is 0 Å². The molecule has 2 aliphatic heterocycles. The van der Waals surface area contributed by atoms with Crippen LogP contribution in [0, 0.1) is 5.92 Å². The minimum atomic E-state index is -0.918. The summed E-state index contributed by atoms with van der Waals surface area (Å²) in [5.41, 5.74) is 2.07. The van der Waals surface area contributed by atoms with E-state index in [1.165, 1.54) is 4.90 Å². The largest absolute Gasteiger partial charge is 0.497 e. The van der Waals surface area contributed by atoms with E-state index >= 15 is 0 Å². The Labute approximate surface area is 184 Å². The van der Waals surface area contributed by atoms with Gasteiger partial charge in [-0.1, -0.05) is 48.0 Å². The predicted molar refractivity (Wildman–Crippen MR) is 117 cm³/mol. The average molecular weight is 435 g/mol. The SMILES string of the molecule is COc1ccc([C@H]2[C@H]3C(=O)N(c4cccc(Cl)c4)C(=O)[C@H]3ON2c2ccccc2)cc1. The molecule has 31 heavy (non-hydrogen) atoms. The summed E-state index contributed by atoms with van der Waals surface area (Å²) < 4.78 is 5.27. The molecular weight excluding hydrogens is 416 g/mol. The fourth-order valence-electron chi connectivity index (χ4n) is 4.22. The molecule has 2 fully saturated rings. The lowest BCUT2D eigenvalue weighted by Gasteiger charge is -2.28. The van der Waals surface area contributed by atoms with Crippen molar-refractivity contribution in [3.63, 3.8) is 0 Å². The fourth-order valence-corrected chi connectivity index (χ4v) is 4.41. The number of nitrogens with zero attached hydrogens (tertiary/aromatic N) is 2. The molecular formula is C24H19ClN2O4. The molecule has 0 radical (unpaired) electrons. The maximum Gasteiger partial charge on any atom is 0.266 e. The molecule has 6 nitrogen and oxygen atoms in total. The fraction of sp³-hybridized carbons (Fsp3) is 0.167. The van der Waals surface area contributed by atoms with E-state index < -0.39 is 24.0 Å². The Morgan fingerprint density at radius 1 is 0.871 bits per heavy atom. The second-order valence-electron chi connectivity index (χ2n) is 7.42. The summed E-state index contributed by atoms with van der Waals surface area (Å²) in [7, 11) is 1.60. The molecule has 2 saturated heterocycles. The van der Waals surface area contributed by atoms with E-state index in [0.29, 0.717) is 16.5 Å². The van der Waals surface area contributed by atoms with Gasteiger partial charge in [0.2, 0.25) is 5.91 Å². The molecule has 2 aliphatic rings. The van der Waals surface area contributed by atoms with Crippen LogP contribution in [0.3, 0.4) is 0 Å². The topological polar surface area (TPSA) is 59.1 Å². The smallest absolute Gasteiger partial charge is 0.266 e. The highest BCUT2D eigenvalue weighted by atomic mass is 35.5. The van der Waals surface area contributed by atoms with Crippen LogP contribution in [0.2, 0.25) is 5.02 Å². The Balaban J connectivity index is 1.58. The molecule has 0 bridgehead atoms. The van der Waals surface area contributed by atoms with Gasteiger partial charge in [0.25, 0.3) is 5.91 Å². The van der Waals surface area contributed by atoms with Crippen LogP contribution in [0.15, 0.2) is 78.9 Å². The maximum atomic E-state index is 13.5. The summed E-state index contributed by atoms with van der Waals surface area (Å²) in [5, 5.41) is 2.12. The summed E-state index contributed by atoms with van der Waals surface area (Å²) in [6, 6.07) is 23.2. The van der Waals surface area contributed by atoms with Gasteiger partial charge in [-0.2, -0.15) is 0 Å². The number of hydrogen-bond acceptors (Lipinski definition) is 5. The second-order valence-corrected chi connectivity index (χ2v) is 7.86. The minimum absolute atomic E-state index is 0.309. The minimum Gasteiger partial charge on any atom is -0.497 e. The molecule has 0 aromatic heterocycles. The van der Waals surface area contributed by atoms with E-state index in [4.69, 9.17) is 21.2 Å². The first-order chi connectivity index (χ1) is 15.1. The lowest BCUT2D eigenvalue weighted by Crippen LogP contribution is -2.37. The van der Waals surface area contributed by atoms with Crippen molar-refractivity contribution in [2.75, 3.05) is 17.1 Å². The number of hydrogen-bond donors (Lipinski definition) is 0. The molecule has 7 heteroatoms. The predicted octanol–water partition coefficient (Wildman–Crippen LogP) is 4.40. The molecule has 0 aliphatic carbocycles. The molecule has 3 aromatic carbocycles. The zero-order valence-electron chi connectivity index (χ0n) is 16.6. The number of para-hydroxylation sites is 1. The summed E-state index contributed by atoms with van der Waals surface area (Å²) in [6.07, 6.45) is -0.918. The Bertz CT molecular complexity index is 1140. The highest BCUT2D eigenvalue weighted by molar-refractivity contribution is 6.31. The molecule has 2 heterocycles. The first-order valence-corrected chi connectivity index (χ1v) is 10.2. The summed E-state index contributed by atoms with van der Waals surface area (Å²) >= 11 is 6.10. The number of hydroxylamine groups is 1. The second kappa shape index (κ2) is 7.72. The Morgan fingerprint density at radius 3 is 2.26 bits per heavy atom. The number of ether oxygens (including phenoxy) is 1. The van der Waals surface area contributed by atoms with Crippen molar-refractivity contribution in [1.82, 2.24) is 0 Å². The van der Waals surface area contributed by atoms with Gasteiger partial charge in [-0.15, -0.1) is 0 Å². The van der Waals surface area contributed by atoms with E-state index in [-0.39, 0.29) is 5.91 Å². The van der Waals surface area contributed by atoms with Gasteiger partial charge in [0.05, 0.1) is 24.5 Å². The molecule has 3 aromatic rings. The Hall–Kier alpha value is -3.35. The number of rotatable bonds is 4. The molecule has 5 rings (SSSR count). The molecule has 2 amide bonds. The number of carbonyl (C=O) groups excluding carboxylic acids is 2. The Morgan fingerprint density at radius 2 is 1.58 bits per heavy atom. The molecule has 0 N–H and O–H groups in total. The molecule has 3 atom stereocenters. The van der Waals surface area contributed by atoms with Crippen LogP contribution >= 0.6 is 11.6 Å². The third-order valence-electron chi connectivity index (χ3n) is 5.65. The summed E-state index contributed by atoms with van der Waals surface area (Å²) in [5.74, 6) is -0.689. The van der Waals surface area contributed by atoms with Gasteiger partial charge >= 0.3 is 0 Å². The van der Waals surface area contributed by atoms with Crippen molar-refractivity contribution in [2.45, 2.75) is 12.1 Å². The zero-order valence-corrected chi connectivity index (χ0v) is 17.4. The first kappa shape index (κ1) is 19.6. The number of methoxy groups -OCH3 is 1. The molecule has 0 unspecified atom stereocenters. The molecule has 156 valence electrons. The summed E-state index contributed by atoms with van der Waals surface area (Å²) in [6.45, 7) is 0. The van der Waals surface area contributed by atoms with Gasteiger partial charge in [-0.3, -0.25) is 14.4 Å². The standard InChI is InChI=1S/C24H19ClN2O4/c1-30-19-12-10-15(11-13-19)21-20-22(31-27(21)17-7-3-2-4-8-17)24(29)26(23(20)28)18-9-5-6-16(25)14-18/h2-14,20-22H,1H3/t20-,21+,22+/m1/s1. The van der Waals surface area contributed by atoms with Crippen LogP contribution in [0.1, 0.15) is 11.6 Å². The number of benzene rings is 3. The number of anilines is 2. The van der Waals surface area contributed by atoms with Crippen molar-refractivity contribution in [2.24, 2.45) is 5.92 Å². The average Bonchev–Trinajstić information content (AvgIpc) is 3.30. The number of amides is 2. The van der Waals surface area contributed by atoms with Crippen molar-refractivity contribution in [3.8, 4) is 5.75 Å². The van der Waals surface area contributed by atoms with Gasteiger partial charge in [0.1, 0.15) is 11.7 Å². The number of imide groups is 1. The van der Waals surface area contributed by atoms with Crippen LogP contribution < -0.4 is 14.7 Å². The van der Waals surface area contributed by atoms with Crippen molar-refractivity contribution in [3.05, 3.63) is 89.4 Å². The lowest BCUT2D eigenvalue weighted by molar-refractivity contribution is -0.126. The van der Waals surface area contributed by atoms with E-state index in [1.807, 2.05) is 54.6 Å². The van der Waals surface area contributed by atoms with Gasteiger partial charge in [-0.25, -0.2) is 9.96 Å². The van der Waals surface area contributed by atoms with E-state index in [2.05, 4.69) is 0 Å². The van der Waals surface area contributed by atoms with Gasteiger partial charge in [0.15, 0.2) is 6.10 Å². The molecule has 0 spiro atoms. The molecule has 0 saturated carbocycles. The van der Waals surface area contributed by atoms with Crippen LogP contribution in [-0.4, -0.2) is 25.0 Å². The number of fused-ring (bicyclic) bond motifs is 1. The lowest BCUT2D eigenvalue weighted by atomic mass is 9.90. The highest BCUT2D eigenvalue weighted by Crippen LogP contribution is 2.47. The third-order valence-corrected chi connectivity index (χ3v) is 5.88. The van der Waals surface area contributed by atoms with Crippen LogP contribution in [0.25, 0.3) is 0 Å². The van der Waals surface area contributed by atoms with E-state index in [1.54, 1.807) is 36.4 Å². The highest BCUT2D eigenvalue weighted by Gasteiger charge is 2.60. The normalized spacial score (nSPS) is 22.7. The van der Waals surface area contributed by atoms with Crippen LogP contribution in [0.4, 0.5) is 11.4 Å².